The first-order chi connectivity index (χ1) is 15.1. The summed E-state index contributed by atoms with van der Waals surface area (Å²) in [5, 5.41) is 3.47. The molecule has 0 amide bonds. The third-order valence-electron chi connectivity index (χ3n) is 6.29. The fourth-order valence-electron chi connectivity index (χ4n) is 4.42. The van der Waals surface area contributed by atoms with Crippen molar-refractivity contribution in [1.29, 1.82) is 0 Å². The van der Waals surface area contributed by atoms with Gasteiger partial charge in [-0.2, -0.15) is 0 Å². The van der Waals surface area contributed by atoms with Crippen molar-refractivity contribution in [3.05, 3.63) is 48.0 Å². The molecular weight excluding hydrogens is 386 g/mol. The molecule has 31 heavy (non-hydrogen) atoms. The van der Waals surface area contributed by atoms with E-state index >= 15 is 0 Å². The summed E-state index contributed by atoms with van der Waals surface area (Å²) in [5.74, 6) is 3.70. The fourth-order valence-corrected chi connectivity index (χ4v) is 4.42. The summed E-state index contributed by atoms with van der Waals surface area (Å²) < 4.78 is 2.05. The lowest BCUT2D eigenvalue weighted by atomic mass is 10.0. The number of nitrogens with zero attached hydrogens (tertiary/aromatic N) is 6. The number of hydrogen-bond donors (Lipinski definition) is 1. The number of aryl methyl sites for hydroxylation is 1. The number of hydrogen-bond acceptors (Lipinski definition) is 6. The number of allylic oxidation sites excluding steroid dienone is 2. The third-order valence-corrected chi connectivity index (χ3v) is 6.29. The summed E-state index contributed by atoms with van der Waals surface area (Å²) in [6.45, 7) is 7.53. The zero-order chi connectivity index (χ0) is 21.6. The lowest BCUT2D eigenvalue weighted by Gasteiger charge is -2.37. The molecule has 2 aliphatic rings. The Labute approximate surface area is 185 Å². The molecule has 7 nitrogen and oxygen atoms in total. The number of rotatable bonds is 8. The molecule has 2 aromatic rings. The number of anilines is 2. The van der Waals surface area contributed by atoms with Crippen molar-refractivity contribution in [2.24, 2.45) is 0 Å². The zero-order valence-electron chi connectivity index (χ0n) is 19.1. The van der Waals surface area contributed by atoms with E-state index in [1.165, 1.54) is 38.6 Å². The zero-order valence-corrected chi connectivity index (χ0v) is 19.1. The number of imidazole rings is 1. The number of fused-ring (bicyclic) bond motifs is 1. The smallest absolute Gasteiger partial charge is 0.136 e. The van der Waals surface area contributed by atoms with Crippen LogP contribution in [0.1, 0.15) is 50.7 Å². The molecule has 0 saturated carbocycles. The van der Waals surface area contributed by atoms with Gasteiger partial charge in [-0.3, -0.25) is 0 Å². The maximum absolute atomic E-state index is 4.73. The van der Waals surface area contributed by atoms with E-state index in [1.807, 2.05) is 30.1 Å². The Balaban J connectivity index is 1.37. The van der Waals surface area contributed by atoms with Gasteiger partial charge in [0.1, 0.15) is 23.3 Å². The van der Waals surface area contributed by atoms with Gasteiger partial charge in [-0.15, -0.1) is 0 Å². The van der Waals surface area contributed by atoms with Crippen LogP contribution in [0.15, 0.2) is 36.3 Å². The molecule has 4 heterocycles. The topological polar surface area (TPSA) is 62.1 Å². The number of unbranched alkanes of at least 4 members (excludes halogenated alkanes) is 2. The molecule has 0 atom stereocenters. The van der Waals surface area contributed by atoms with Crippen molar-refractivity contribution < 1.29 is 0 Å². The van der Waals surface area contributed by atoms with E-state index in [9.17, 15) is 0 Å². The van der Waals surface area contributed by atoms with E-state index in [2.05, 4.69) is 57.3 Å². The number of piperidine rings is 1. The average Bonchev–Trinajstić information content (AvgIpc) is 3.14. The minimum atomic E-state index is 0.682. The Morgan fingerprint density at radius 3 is 2.84 bits per heavy atom. The van der Waals surface area contributed by atoms with Gasteiger partial charge in [0.05, 0.1) is 0 Å². The Morgan fingerprint density at radius 1 is 1.19 bits per heavy atom. The van der Waals surface area contributed by atoms with E-state index < -0.39 is 0 Å². The molecule has 2 aromatic heterocycles. The molecule has 1 fully saturated rings. The SMILES string of the molecule is CCCCCN(C)C1CCN(c2cc(NC3=CCc4nccn4C=C3)nc(C)n2)CC1. The fraction of sp³-hybridized carbons (Fsp3) is 0.542. The molecule has 1 N–H and O–H groups in total. The summed E-state index contributed by atoms with van der Waals surface area (Å²) in [7, 11) is 2.28. The van der Waals surface area contributed by atoms with Gasteiger partial charge in [0, 0.05) is 55.9 Å². The van der Waals surface area contributed by atoms with Crippen molar-refractivity contribution in [3.63, 3.8) is 0 Å². The minimum Gasteiger partial charge on any atom is -0.356 e. The standard InChI is InChI=1S/C24H35N7/c1-4-5-6-13-29(3)21-10-15-30(16-11-21)24-18-22(26-19(2)27-24)28-20-7-8-23-25-12-17-31(23)14-9-20/h7,9,12,14,17-18,21H,4-6,8,10-11,13,15-16H2,1-3H3,(H,26,27,28). The first-order valence-corrected chi connectivity index (χ1v) is 11.6. The molecule has 0 spiro atoms. The molecular formula is C24H35N7. The van der Waals surface area contributed by atoms with Crippen LogP contribution in [0.3, 0.4) is 0 Å². The largest absolute Gasteiger partial charge is 0.356 e. The third kappa shape index (κ3) is 5.53. The monoisotopic (exact) mass is 421 g/mol. The predicted molar refractivity (Wildman–Crippen MR) is 127 cm³/mol. The summed E-state index contributed by atoms with van der Waals surface area (Å²) in [5.41, 5.74) is 1.03. The molecule has 2 aliphatic heterocycles. The van der Waals surface area contributed by atoms with Gasteiger partial charge >= 0.3 is 0 Å². The van der Waals surface area contributed by atoms with Crippen LogP contribution in [-0.4, -0.2) is 57.1 Å². The first-order valence-electron chi connectivity index (χ1n) is 11.6. The van der Waals surface area contributed by atoms with Crippen molar-refractivity contribution >= 4 is 17.8 Å². The summed E-state index contributed by atoms with van der Waals surface area (Å²) in [6, 6.07) is 2.76. The van der Waals surface area contributed by atoms with Crippen LogP contribution in [0, 0.1) is 6.92 Å². The Bertz CT molecular complexity index is 922. The van der Waals surface area contributed by atoms with Crippen LogP contribution in [0.4, 0.5) is 11.6 Å². The van der Waals surface area contributed by atoms with Crippen LogP contribution in [0.5, 0.6) is 0 Å². The molecule has 7 heteroatoms. The second-order valence-corrected chi connectivity index (χ2v) is 8.62. The number of nitrogens with one attached hydrogen (secondary N) is 1. The molecule has 0 radical (unpaired) electrons. The Hall–Kier alpha value is -2.67. The van der Waals surface area contributed by atoms with Crippen molar-refractivity contribution in [2.45, 2.75) is 58.4 Å². The van der Waals surface area contributed by atoms with Crippen molar-refractivity contribution in [3.8, 4) is 0 Å². The normalized spacial score (nSPS) is 16.9. The quantitative estimate of drug-likeness (QED) is 0.648. The molecule has 1 saturated heterocycles. The minimum absolute atomic E-state index is 0.682. The maximum atomic E-state index is 4.73. The maximum Gasteiger partial charge on any atom is 0.136 e. The van der Waals surface area contributed by atoms with E-state index in [-0.39, 0.29) is 0 Å². The van der Waals surface area contributed by atoms with Crippen LogP contribution in [0.2, 0.25) is 0 Å². The number of aromatic nitrogens is 4. The molecule has 4 rings (SSSR count). The summed E-state index contributed by atoms with van der Waals surface area (Å²) in [4.78, 5) is 18.7. The molecule has 0 aliphatic carbocycles. The van der Waals surface area contributed by atoms with Gasteiger partial charge in [0.15, 0.2) is 0 Å². The predicted octanol–water partition coefficient (Wildman–Crippen LogP) is 4.10. The van der Waals surface area contributed by atoms with E-state index in [4.69, 9.17) is 4.98 Å². The highest BCUT2D eigenvalue weighted by Gasteiger charge is 2.23. The van der Waals surface area contributed by atoms with Crippen LogP contribution in [0.25, 0.3) is 6.20 Å². The van der Waals surface area contributed by atoms with Crippen molar-refractivity contribution in [1.82, 2.24) is 24.4 Å². The lowest BCUT2D eigenvalue weighted by molar-refractivity contribution is 0.204. The highest BCUT2D eigenvalue weighted by Crippen LogP contribution is 2.24. The van der Waals surface area contributed by atoms with E-state index in [1.54, 1.807) is 0 Å². The van der Waals surface area contributed by atoms with Gasteiger partial charge < -0.3 is 19.7 Å². The first kappa shape index (κ1) is 21.6. The van der Waals surface area contributed by atoms with Crippen LogP contribution < -0.4 is 10.2 Å². The second-order valence-electron chi connectivity index (χ2n) is 8.62. The lowest BCUT2D eigenvalue weighted by Crippen LogP contribution is -2.44. The van der Waals surface area contributed by atoms with Crippen molar-refractivity contribution in [2.75, 3.05) is 36.9 Å². The van der Waals surface area contributed by atoms with Gasteiger partial charge in [-0.05, 0) is 45.9 Å². The molecule has 166 valence electrons. The van der Waals surface area contributed by atoms with Gasteiger partial charge in [-0.25, -0.2) is 15.0 Å². The van der Waals surface area contributed by atoms with Gasteiger partial charge in [0.2, 0.25) is 0 Å². The van der Waals surface area contributed by atoms with E-state index in [0.717, 1.165) is 48.5 Å². The van der Waals surface area contributed by atoms with Crippen LogP contribution >= 0.6 is 0 Å². The highest BCUT2D eigenvalue weighted by atomic mass is 15.2. The van der Waals surface area contributed by atoms with Crippen LogP contribution in [-0.2, 0) is 6.42 Å². The Morgan fingerprint density at radius 2 is 2.03 bits per heavy atom. The summed E-state index contributed by atoms with van der Waals surface area (Å²) in [6.07, 6.45) is 17.1. The average molecular weight is 422 g/mol. The van der Waals surface area contributed by atoms with Gasteiger partial charge in [0.25, 0.3) is 0 Å². The summed E-state index contributed by atoms with van der Waals surface area (Å²) >= 11 is 0. The molecule has 0 bridgehead atoms. The highest BCUT2D eigenvalue weighted by molar-refractivity contribution is 5.55. The molecule has 0 aromatic carbocycles. The molecule has 0 unspecified atom stereocenters. The second kappa shape index (κ2) is 10.1. The Kier molecular flexibility index (Phi) is 7.02. The van der Waals surface area contributed by atoms with Gasteiger partial charge in [-0.1, -0.05) is 25.8 Å². The van der Waals surface area contributed by atoms with E-state index in [0.29, 0.717) is 6.04 Å².